The highest BCUT2D eigenvalue weighted by Crippen LogP contribution is 2.40. The van der Waals surface area contributed by atoms with Crippen LogP contribution in [0.1, 0.15) is 79.2 Å². The fraction of sp³-hybridized carbons (Fsp3) is 0.340. The monoisotopic (exact) mass is 920 g/mol. The Morgan fingerprint density at radius 3 is 2.38 bits per heavy atom. The number of fused-ring (bicyclic) bond motifs is 4. The topological polar surface area (TPSA) is 188 Å². The standard InChI is InChI=1S/C47H49ClN8O8S/c1-27-8-17-37(44(58)50-27)56-45(59)35-6-5-7-38(41(35)46(56)60)64-21-19-49-18-20-61-22-23-62-24-25-63-34-15-13-33(14-16-34)51-39(57)26-36-43-54-53-30(4)55(43)47-40(28(2)29(3)65-47)42(52-36)31-9-11-32(48)12-10-31/h5-7,9-16,36-37,49H,1,8,17-26H2,2-4H3,(H,50,58)(H,51,57)/t36-,37?/m0/s1. The first-order valence-corrected chi connectivity index (χ1v) is 22.6. The van der Waals surface area contributed by atoms with Gasteiger partial charge in [0.2, 0.25) is 11.8 Å². The van der Waals surface area contributed by atoms with Gasteiger partial charge in [-0.25, -0.2) is 0 Å². The predicted octanol–water partition coefficient (Wildman–Crippen LogP) is 6.30. The van der Waals surface area contributed by atoms with E-state index in [1.54, 1.807) is 53.8 Å². The minimum absolute atomic E-state index is 0.0557. The van der Waals surface area contributed by atoms with Crippen molar-refractivity contribution in [3.8, 4) is 16.5 Å². The zero-order valence-corrected chi connectivity index (χ0v) is 37.9. The number of nitrogens with one attached hydrogen (secondary N) is 3. The minimum Gasteiger partial charge on any atom is -0.491 e. The number of aryl methyl sites for hydroxylation is 2. The Morgan fingerprint density at radius 1 is 0.877 bits per heavy atom. The highest BCUT2D eigenvalue weighted by atomic mass is 35.5. The molecule has 0 radical (unpaired) electrons. The molecule has 2 aromatic heterocycles. The predicted molar refractivity (Wildman–Crippen MR) is 246 cm³/mol. The molecule has 3 aromatic carbocycles. The van der Waals surface area contributed by atoms with Crippen molar-refractivity contribution in [2.24, 2.45) is 4.99 Å². The van der Waals surface area contributed by atoms with Crippen molar-refractivity contribution < 1.29 is 38.1 Å². The van der Waals surface area contributed by atoms with Gasteiger partial charge in [0.05, 0.1) is 49.7 Å². The van der Waals surface area contributed by atoms with E-state index in [4.69, 9.17) is 35.5 Å². The first-order valence-electron chi connectivity index (χ1n) is 21.4. The summed E-state index contributed by atoms with van der Waals surface area (Å²) in [6.07, 6.45) is 0.879. The third kappa shape index (κ3) is 10.0. The number of piperidine rings is 1. The summed E-state index contributed by atoms with van der Waals surface area (Å²) in [5.74, 6) is 0.614. The van der Waals surface area contributed by atoms with E-state index in [-0.39, 0.29) is 30.1 Å². The Labute approximate surface area is 385 Å². The summed E-state index contributed by atoms with van der Waals surface area (Å²) in [5.41, 5.74) is 5.42. The van der Waals surface area contributed by atoms with Crippen LogP contribution >= 0.6 is 22.9 Å². The van der Waals surface area contributed by atoms with E-state index in [2.05, 4.69) is 46.6 Å². The van der Waals surface area contributed by atoms with E-state index in [1.165, 1.54) is 4.88 Å². The van der Waals surface area contributed by atoms with Crippen molar-refractivity contribution in [2.45, 2.75) is 52.1 Å². The van der Waals surface area contributed by atoms with Crippen molar-refractivity contribution in [1.82, 2.24) is 30.3 Å². The van der Waals surface area contributed by atoms with Gasteiger partial charge in [-0.15, -0.1) is 21.5 Å². The SMILES string of the molecule is C=C1CCC(N2C(=O)c3cccc(OCCNCCOCCOCCOc4ccc(NC(=O)C[C@@H]5N=C(c6ccc(Cl)cc6)c6c(sc(C)c6C)-n6c(C)nnc65)cc4)c3C2=O)C(=O)N1. The van der Waals surface area contributed by atoms with Crippen LogP contribution in [0.3, 0.4) is 0 Å². The van der Waals surface area contributed by atoms with Gasteiger partial charge >= 0.3 is 0 Å². The molecule has 3 aliphatic rings. The zero-order chi connectivity index (χ0) is 45.6. The highest BCUT2D eigenvalue weighted by Gasteiger charge is 2.45. The van der Waals surface area contributed by atoms with Gasteiger partial charge in [-0.05, 0) is 87.7 Å². The fourth-order valence-corrected chi connectivity index (χ4v) is 9.22. The van der Waals surface area contributed by atoms with Crippen molar-refractivity contribution >= 4 is 58.0 Å². The van der Waals surface area contributed by atoms with Gasteiger partial charge in [0.25, 0.3) is 11.8 Å². The molecule has 8 rings (SSSR count). The summed E-state index contributed by atoms with van der Waals surface area (Å²) in [6.45, 7) is 13.1. The van der Waals surface area contributed by atoms with E-state index in [9.17, 15) is 19.2 Å². The molecule has 5 aromatic rings. The number of benzene rings is 3. The second-order valence-electron chi connectivity index (χ2n) is 15.7. The van der Waals surface area contributed by atoms with Gasteiger partial charge in [-0.1, -0.05) is 36.4 Å². The molecule has 0 aliphatic carbocycles. The lowest BCUT2D eigenvalue weighted by atomic mass is 9.99. The number of carbonyl (C=O) groups excluding carboxylic acids is 4. The van der Waals surface area contributed by atoms with E-state index >= 15 is 0 Å². The number of halogens is 1. The maximum atomic E-state index is 13.5. The third-order valence-electron chi connectivity index (χ3n) is 11.2. The number of allylic oxidation sites excluding steroid dienone is 1. The number of thiophene rings is 1. The van der Waals surface area contributed by atoms with Gasteiger partial charge in [-0.2, -0.15) is 0 Å². The number of aliphatic imine (C=N–C) groups is 1. The Morgan fingerprint density at radius 2 is 1.62 bits per heavy atom. The van der Waals surface area contributed by atoms with Crippen molar-refractivity contribution in [2.75, 3.05) is 58.0 Å². The second-order valence-corrected chi connectivity index (χ2v) is 17.3. The number of hydrogen-bond donors (Lipinski definition) is 3. The lowest BCUT2D eigenvalue weighted by Gasteiger charge is -2.29. The Bertz CT molecular complexity index is 2640. The first kappa shape index (κ1) is 45.3. The molecule has 5 heterocycles. The van der Waals surface area contributed by atoms with Gasteiger partial charge in [0.1, 0.15) is 47.6 Å². The molecule has 1 unspecified atom stereocenters. The Hall–Kier alpha value is -6.24. The fourth-order valence-electron chi connectivity index (χ4n) is 7.88. The number of ether oxygens (including phenoxy) is 4. The maximum Gasteiger partial charge on any atom is 0.266 e. The van der Waals surface area contributed by atoms with Crippen molar-refractivity contribution in [3.05, 3.63) is 128 Å². The molecule has 338 valence electrons. The molecule has 0 spiro atoms. The molecule has 1 fully saturated rings. The lowest BCUT2D eigenvalue weighted by Crippen LogP contribution is -2.51. The molecule has 2 atom stereocenters. The summed E-state index contributed by atoms with van der Waals surface area (Å²) in [4.78, 5) is 59.8. The van der Waals surface area contributed by atoms with Crippen LogP contribution in [-0.2, 0) is 19.1 Å². The van der Waals surface area contributed by atoms with Gasteiger partial charge in [-0.3, -0.25) is 33.6 Å². The quantitative estimate of drug-likeness (QED) is 0.0624. The number of anilines is 1. The molecule has 16 nitrogen and oxygen atoms in total. The van der Waals surface area contributed by atoms with Crippen LogP contribution in [0.5, 0.6) is 11.5 Å². The van der Waals surface area contributed by atoms with Gasteiger partial charge in [0.15, 0.2) is 5.82 Å². The van der Waals surface area contributed by atoms with Gasteiger partial charge in [0, 0.05) is 45.5 Å². The van der Waals surface area contributed by atoms with E-state index in [1.807, 2.05) is 35.8 Å². The Balaban J connectivity index is 0.716. The summed E-state index contributed by atoms with van der Waals surface area (Å²) in [7, 11) is 0. The average molecular weight is 921 g/mol. The molecular weight excluding hydrogens is 872 g/mol. The number of imide groups is 1. The molecule has 4 amide bonds. The number of amides is 4. The lowest BCUT2D eigenvalue weighted by molar-refractivity contribution is -0.125. The van der Waals surface area contributed by atoms with Crippen LogP contribution in [-0.4, -0.2) is 108 Å². The number of hydrogen-bond acceptors (Lipinski definition) is 13. The second kappa shape index (κ2) is 20.3. The molecule has 3 N–H and O–H groups in total. The van der Waals surface area contributed by atoms with Crippen LogP contribution in [0.2, 0.25) is 5.02 Å². The largest absolute Gasteiger partial charge is 0.491 e. The smallest absolute Gasteiger partial charge is 0.266 e. The van der Waals surface area contributed by atoms with E-state index in [0.717, 1.165) is 38.1 Å². The van der Waals surface area contributed by atoms with E-state index < -0.39 is 29.8 Å². The molecule has 18 heteroatoms. The molecular formula is C47H49ClN8O8S. The average Bonchev–Trinajstić information content (AvgIpc) is 3.87. The number of aromatic nitrogens is 3. The molecule has 1 saturated heterocycles. The normalized spacial score (nSPS) is 16.7. The number of rotatable bonds is 19. The van der Waals surface area contributed by atoms with Gasteiger partial charge < -0.3 is 34.9 Å². The molecule has 65 heavy (non-hydrogen) atoms. The molecule has 0 bridgehead atoms. The maximum absolute atomic E-state index is 13.5. The van der Waals surface area contributed by atoms with Crippen LogP contribution < -0.4 is 25.4 Å². The van der Waals surface area contributed by atoms with Crippen LogP contribution in [0, 0.1) is 20.8 Å². The summed E-state index contributed by atoms with van der Waals surface area (Å²) in [6, 6.07) is 18.2. The number of carbonyl (C=O) groups is 4. The molecule has 0 saturated carbocycles. The van der Waals surface area contributed by atoms with Crippen LogP contribution in [0.15, 0.2) is 84.0 Å². The zero-order valence-electron chi connectivity index (χ0n) is 36.3. The van der Waals surface area contributed by atoms with Crippen LogP contribution in [0.25, 0.3) is 5.00 Å². The minimum atomic E-state index is -0.882. The van der Waals surface area contributed by atoms with Crippen LogP contribution in [0.4, 0.5) is 5.69 Å². The number of nitrogens with zero attached hydrogens (tertiary/aromatic N) is 5. The van der Waals surface area contributed by atoms with E-state index in [0.29, 0.717) is 92.7 Å². The first-order chi connectivity index (χ1) is 31.5. The molecule has 3 aliphatic heterocycles. The highest BCUT2D eigenvalue weighted by molar-refractivity contribution is 7.15. The summed E-state index contributed by atoms with van der Waals surface area (Å²) in [5, 5.41) is 19.4. The van der Waals surface area contributed by atoms with Crippen molar-refractivity contribution in [3.63, 3.8) is 0 Å². The summed E-state index contributed by atoms with van der Waals surface area (Å²) >= 11 is 7.90. The van der Waals surface area contributed by atoms with Crippen molar-refractivity contribution in [1.29, 1.82) is 0 Å². The third-order valence-corrected chi connectivity index (χ3v) is 12.7. The summed E-state index contributed by atoms with van der Waals surface area (Å²) < 4.78 is 25.0. The Kier molecular flexibility index (Phi) is 14.2.